The first-order chi connectivity index (χ1) is 9.56. The maximum atomic E-state index is 11.8. The number of rotatable bonds is 6. The van der Waals surface area contributed by atoms with Crippen molar-refractivity contribution < 1.29 is 19.1 Å². The van der Waals surface area contributed by atoms with Crippen molar-refractivity contribution in [1.82, 2.24) is 4.98 Å². The molecule has 0 aliphatic rings. The van der Waals surface area contributed by atoms with Gasteiger partial charge in [0.2, 0.25) is 0 Å². The van der Waals surface area contributed by atoms with Crippen LogP contribution in [0.4, 0.5) is 0 Å². The van der Waals surface area contributed by atoms with Crippen molar-refractivity contribution in [2.24, 2.45) is 0 Å². The lowest BCUT2D eigenvalue weighted by molar-refractivity contribution is -0.145. The summed E-state index contributed by atoms with van der Waals surface area (Å²) < 4.78 is 9.80. The van der Waals surface area contributed by atoms with Crippen LogP contribution < -0.4 is 0 Å². The zero-order valence-corrected chi connectivity index (χ0v) is 12.0. The molecular weight excluding hydrogens is 258 g/mol. The number of aromatic nitrogens is 1. The largest absolute Gasteiger partial charge is 0.466 e. The summed E-state index contributed by atoms with van der Waals surface area (Å²) in [6.45, 7) is 5.81. The Balaban J connectivity index is 2.97. The molecule has 5 nitrogen and oxygen atoms in total. The van der Waals surface area contributed by atoms with Crippen LogP contribution in [0, 0.1) is 6.92 Å². The van der Waals surface area contributed by atoms with Crippen molar-refractivity contribution in [3.8, 4) is 0 Å². The molecule has 0 amide bonds. The molecule has 0 saturated carbocycles. The molecule has 0 aliphatic heterocycles. The van der Waals surface area contributed by atoms with Gasteiger partial charge in [0.15, 0.2) is 0 Å². The van der Waals surface area contributed by atoms with Gasteiger partial charge in [-0.2, -0.15) is 0 Å². The third kappa shape index (κ3) is 5.22. The van der Waals surface area contributed by atoms with E-state index in [9.17, 15) is 9.59 Å². The van der Waals surface area contributed by atoms with Gasteiger partial charge in [0, 0.05) is 5.69 Å². The number of esters is 2. The fraction of sp³-hybridized carbons (Fsp3) is 0.400. The summed E-state index contributed by atoms with van der Waals surface area (Å²) in [5.74, 6) is -0.983. The number of hydrogen-bond donors (Lipinski definition) is 0. The molecule has 0 aromatic carbocycles. The lowest BCUT2D eigenvalue weighted by atomic mass is 10.1. The predicted octanol–water partition coefficient (Wildman–Crippen LogP) is 2.29. The Morgan fingerprint density at radius 2 is 1.90 bits per heavy atom. The van der Waals surface area contributed by atoms with Gasteiger partial charge in [-0.15, -0.1) is 0 Å². The van der Waals surface area contributed by atoms with Crippen LogP contribution in [-0.4, -0.2) is 30.1 Å². The molecule has 1 aromatic heterocycles. The van der Waals surface area contributed by atoms with Crippen LogP contribution in [0.5, 0.6) is 0 Å². The average molecular weight is 277 g/mol. The molecule has 20 heavy (non-hydrogen) atoms. The summed E-state index contributed by atoms with van der Waals surface area (Å²) in [4.78, 5) is 27.6. The molecule has 5 heteroatoms. The quantitative estimate of drug-likeness (QED) is 0.589. The molecule has 1 heterocycles. The van der Waals surface area contributed by atoms with Gasteiger partial charge in [0.25, 0.3) is 0 Å². The zero-order valence-electron chi connectivity index (χ0n) is 12.0. The molecule has 108 valence electrons. The van der Waals surface area contributed by atoms with Crippen LogP contribution in [0.2, 0.25) is 0 Å². The summed E-state index contributed by atoms with van der Waals surface area (Å²) in [6, 6.07) is 5.45. The Morgan fingerprint density at radius 1 is 1.20 bits per heavy atom. The second kappa shape index (κ2) is 8.09. The molecule has 0 atom stereocenters. The topological polar surface area (TPSA) is 65.5 Å². The van der Waals surface area contributed by atoms with Crippen molar-refractivity contribution in [2.75, 3.05) is 13.2 Å². The number of aryl methyl sites for hydroxylation is 1. The van der Waals surface area contributed by atoms with E-state index in [4.69, 9.17) is 9.47 Å². The molecule has 0 radical (unpaired) electrons. The minimum absolute atomic E-state index is 0.123. The summed E-state index contributed by atoms with van der Waals surface area (Å²) in [5.41, 5.74) is 1.68. The van der Waals surface area contributed by atoms with Gasteiger partial charge in [-0.1, -0.05) is 6.07 Å². The van der Waals surface area contributed by atoms with Crippen molar-refractivity contribution >= 4 is 18.0 Å². The van der Waals surface area contributed by atoms with Crippen LogP contribution >= 0.6 is 0 Å². The van der Waals surface area contributed by atoms with Crippen LogP contribution in [0.1, 0.15) is 31.7 Å². The number of ether oxygens (including phenoxy) is 2. The van der Waals surface area contributed by atoms with E-state index < -0.39 is 11.9 Å². The Hall–Kier alpha value is -2.17. The molecule has 1 rings (SSSR count). The molecule has 0 unspecified atom stereocenters. The van der Waals surface area contributed by atoms with E-state index in [0.29, 0.717) is 5.69 Å². The number of carbonyl (C=O) groups excluding carboxylic acids is 2. The summed E-state index contributed by atoms with van der Waals surface area (Å²) in [7, 11) is 0. The van der Waals surface area contributed by atoms with E-state index >= 15 is 0 Å². The van der Waals surface area contributed by atoms with Gasteiger partial charge in [-0.25, -0.2) is 4.79 Å². The minimum Gasteiger partial charge on any atom is -0.466 e. The lowest BCUT2D eigenvalue weighted by Crippen LogP contribution is -2.13. The maximum absolute atomic E-state index is 11.8. The highest BCUT2D eigenvalue weighted by molar-refractivity contribution is 5.98. The highest BCUT2D eigenvalue weighted by atomic mass is 16.5. The first-order valence-electron chi connectivity index (χ1n) is 6.53. The van der Waals surface area contributed by atoms with Gasteiger partial charge >= 0.3 is 11.9 Å². The van der Waals surface area contributed by atoms with Crippen molar-refractivity contribution in [2.45, 2.75) is 27.2 Å². The Kier molecular flexibility index (Phi) is 6.43. The van der Waals surface area contributed by atoms with E-state index in [2.05, 4.69) is 4.98 Å². The fourth-order valence-electron chi connectivity index (χ4n) is 1.60. The molecule has 0 fully saturated rings. The first-order valence-corrected chi connectivity index (χ1v) is 6.53. The molecule has 0 saturated heterocycles. The summed E-state index contributed by atoms with van der Waals surface area (Å²) in [5, 5.41) is 0. The van der Waals surface area contributed by atoms with E-state index in [1.807, 2.05) is 19.1 Å². The second-order valence-electron chi connectivity index (χ2n) is 4.08. The first kappa shape index (κ1) is 15.9. The SMILES string of the molecule is CCOC(=O)C/C(=C/c1cccc(C)n1)C(=O)OCC. The molecule has 0 N–H and O–H groups in total. The zero-order chi connectivity index (χ0) is 15.0. The monoisotopic (exact) mass is 277 g/mol. The Morgan fingerprint density at radius 3 is 2.50 bits per heavy atom. The Labute approximate surface area is 118 Å². The molecular formula is C15H19NO4. The Bertz CT molecular complexity index is 508. The smallest absolute Gasteiger partial charge is 0.334 e. The van der Waals surface area contributed by atoms with Crippen LogP contribution in [-0.2, 0) is 19.1 Å². The normalized spacial score (nSPS) is 11.1. The van der Waals surface area contributed by atoms with Gasteiger partial charge in [0.05, 0.1) is 30.9 Å². The summed E-state index contributed by atoms with van der Waals surface area (Å²) >= 11 is 0. The number of nitrogens with zero attached hydrogens (tertiary/aromatic N) is 1. The number of carbonyl (C=O) groups is 2. The van der Waals surface area contributed by atoms with E-state index in [-0.39, 0.29) is 25.2 Å². The van der Waals surface area contributed by atoms with Crippen molar-refractivity contribution in [1.29, 1.82) is 0 Å². The second-order valence-corrected chi connectivity index (χ2v) is 4.08. The summed E-state index contributed by atoms with van der Waals surface area (Å²) in [6.07, 6.45) is 1.43. The van der Waals surface area contributed by atoms with E-state index in [1.54, 1.807) is 26.0 Å². The van der Waals surface area contributed by atoms with Gasteiger partial charge < -0.3 is 9.47 Å². The molecule has 0 aliphatic carbocycles. The van der Waals surface area contributed by atoms with Gasteiger partial charge in [0.1, 0.15) is 0 Å². The maximum Gasteiger partial charge on any atom is 0.334 e. The third-order valence-corrected chi connectivity index (χ3v) is 2.41. The number of hydrogen-bond acceptors (Lipinski definition) is 5. The molecule has 0 spiro atoms. The van der Waals surface area contributed by atoms with Crippen LogP contribution in [0.15, 0.2) is 23.8 Å². The number of pyridine rings is 1. The van der Waals surface area contributed by atoms with Crippen molar-refractivity contribution in [3.63, 3.8) is 0 Å². The molecule has 1 aromatic rings. The van der Waals surface area contributed by atoms with E-state index in [1.165, 1.54) is 0 Å². The minimum atomic E-state index is -0.524. The fourth-order valence-corrected chi connectivity index (χ4v) is 1.60. The van der Waals surface area contributed by atoms with Crippen molar-refractivity contribution in [3.05, 3.63) is 35.2 Å². The predicted molar refractivity (Wildman–Crippen MR) is 74.8 cm³/mol. The average Bonchev–Trinajstić information content (AvgIpc) is 2.38. The standard InChI is InChI=1S/C15H19NO4/c1-4-19-14(17)10-12(15(18)20-5-2)9-13-8-6-7-11(3)16-13/h6-9H,4-5,10H2,1-3H3/b12-9-. The molecule has 0 bridgehead atoms. The lowest BCUT2D eigenvalue weighted by Gasteiger charge is -2.07. The van der Waals surface area contributed by atoms with Gasteiger partial charge in [-0.05, 0) is 39.0 Å². The highest BCUT2D eigenvalue weighted by Crippen LogP contribution is 2.12. The van der Waals surface area contributed by atoms with Gasteiger partial charge in [-0.3, -0.25) is 9.78 Å². The highest BCUT2D eigenvalue weighted by Gasteiger charge is 2.16. The van der Waals surface area contributed by atoms with Crippen LogP contribution in [0.25, 0.3) is 6.08 Å². The van der Waals surface area contributed by atoms with E-state index in [0.717, 1.165) is 5.69 Å². The third-order valence-electron chi connectivity index (χ3n) is 2.41. The van der Waals surface area contributed by atoms with Crippen LogP contribution in [0.3, 0.4) is 0 Å².